The summed E-state index contributed by atoms with van der Waals surface area (Å²) in [5.41, 5.74) is -1.48. The van der Waals surface area contributed by atoms with Crippen LogP contribution in [0.15, 0.2) is 18.2 Å². The van der Waals surface area contributed by atoms with Gasteiger partial charge in [-0.15, -0.1) is 10.2 Å². The Balaban J connectivity index is 1.78. The van der Waals surface area contributed by atoms with Crippen molar-refractivity contribution < 1.29 is 22.8 Å². The van der Waals surface area contributed by atoms with E-state index >= 15 is 0 Å². The molecule has 1 aromatic heterocycles. The lowest BCUT2D eigenvalue weighted by molar-refractivity contribution is -0.137. The number of hydrogen-bond donors (Lipinski definition) is 3. The van der Waals surface area contributed by atoms with Crippen molar-refractivity contribution in [2.24, 2.45) is 0 Å². The second kappa shape index (κ2) is 7.49. The summed E-state index contributed by atoms with van der Waals surface area (Å²) in [5, 5.41) is 15.2. The minimum Gasteiger partial charge on any atom is -0.328 e. The van der Waals surface area contributed by atoms with Crippen LogP contribution in [0.1, 0.15) is 43.0 Å². The van der Waals surface area contributed by atoms with Crippen molar-refractivity contribution in [3.8, 4) is 0 Å². The molecule has 1 atom stereocenters. The molecule has 3 N–H and O–H groups in total. The fourth-order valence-electron chi connectivity index (χ4n) is 3.14. The van der Waals surface area contributed by atoms with Gasteiger partial charge >= 0.3 is 12.2 Å². The highest BCUT2D eigenvalue weighted by Gasteiger charge is 2.35. The van der Waals surface area contributed by atoms with E-state index in [0.717, 1.165) is 30.9 Å². The number of halogens is 3. The van der Waals surface area contributed by atoms with Crippen LogP contribution in [0.3, 0.4) is 0 Å². The molecule has 0 unspecified atom stereocenters. The smallest absolute Gasteiger partial charge is 0.328 e. The number of carbonyl (C=O) groups is 2. The monoisotopic (exact) mass is 396 g/mol. The molecule has 0 radical (unpaired) electrons. The standard InChI is InChI=1S/C17H19F3N6O2/c1-9-24-25-15-14(4-3-7-26(9)15)23-16(28)22-13-6-5-11(21-10(2)27)8-12(13)17(18,19)20/h5-6,8,14H,3-4,7H2,1-2H3,(H,21,27)(H2,22,23,28)/t14-/m0/s1. The van der Waals surface area contributed by atoms with E-state index in [1.807, 2.05) is 4.57 Å². The van der Waals surface area contributed by atoms with Crippen LogP contribution in [0.2, 0.25) is 0 Å². The summed E-state index contributed by atoms with van der Waals surface area (Å²) >= 11 is 0. The molecule has 1 aliphatic heterocycles. The second-order valence-electron chi connectivity index (χ2n) is 6.49. The molecule has 0 saturated heterocycles. The molecule has 11 heteroatoms. The lowest BCUT2D eigenvalue weighted by atomic mass is 10.1. The third-order valence-electron chi connectivity index (χ3n) is 4.35. The van der Waals surface area contributed by atoms with Gasteiger partial charge in [-0.2, -0.15) is 13.2 Å². The molecule has 0 spiro atoms. The van der Waals surface area contributed by atoms with Crippen LogP contribution in [0.4, 0.5) is 29.3 Å². The van der Waals surface area contributed by atoms with Gasteiger partial charge in [0.1, 0.15) is 5.82 Å². The maximum Gasteiger partial charge on any atom is 0.418 e. The van der Waals surface area contributed by atoms with E-state index in [1.54, 1.807) is 6.92 Å². The van der Waals surface area contributed by atoms with Gasteiger partial charge in [0.15, 0.2) is 5.82 Å². The molecule has 8 nitrogen and oxygen atoms in total. The molecule has 150 valence electrons. The molecule has 0 aliphatic carbocycles. The summed E-state index contributed by atoms with van der Waals surface area (Å²) in [4.78, 5) is 23.4. The van der Waals surface area contributed by atoms with Gasteiger partial charge in [-0.3, -0.25) is 4.79 Å². The summed E-state index contributed by atoms with van der Waals surface area (Å²) < 4.78 is 42.0. The Morgan fingerprint density at radius 2 is 1.96 bits per heavy atom. The Kier molecular flexibility index (Phi) is 5.25. The van der Waals surface area contributed by atoms with Crippen LogP contribution in [-0.4, -0.2) is 26.7 Å². The van der Waals surface area contributed by atoms with E-state index in [2.05, 4.69) is 26.1 Å². The highest BCUT2D eigenvalue weighted by molar-refractivity contribution is 5.92. The normalized spacial score (nSPS) is 16.2. The third kappa shape index (κ3) is 4.24. The third-order valence-corrected chi connectivity index (χ3v) is 4.35. The van der Waals surface area contributed by atoms with Gasteiger partial charge in [0.2, 0.25) is 5.91 Å². The number of nitrogens with one attached hydrogen (secondary N) is 3. The summed E-state index contributed by atoms with van der Waals surface area (Å²) in [6, 6.07) is 1.94. The number of urea groups is 1. The SMILES string of the molecule is CC(=O)Nc1ccc(NC(=O)N[C@H]2CCCn3c(C)nnc32)c(C(F)(F)F)c1. The predicted molar refractivity (Wildman–Crippen MR) is 94.6 cm³/mol. The van der Waals surface area contributed by atoms with Crippen LogP contribution < -0.4 is 16.0 Å². The quantitative estimate of drug-likeness (QED) is 0.742. The number of anilines is 2. The Morgan fingerprint density at radius 3 is 2.64 bits per heavy atom. The molecular weight excluding hydrogens is 377 g/mol. The zero-order valence-electron chi connectivity index (χ0n) is 15.2. The topological polar surface area (TPSA) is 101 Å². The van der Waals surface area contributed by atoms with Crippen molar-refractivity contribution in [1.29, 1.82) is 0 Å². The number of fused-ring (bicyclic) bond motifs is 1. The van der Waals surface area contributed by atoms with E-state index < -0.39 is 35.4 Å². The largest absolute Gasteiger partial charge is 0.418 e. The first kappa shape index (κ1) is 19.6. The highest BCUT2D eigenvalue weighted by atomic mass is 19.4. The van der Waals surface area contributed by atoms with Crippen molar-refractivity contribution in [2.45, 2.75) is 45.5 Å². The molecule has 3 rings (SSSR count). The summed E-state index contributed by atoms with van der Waals surface area (Å²) in [7, 11) is 0. The average molecular weight is 396 g/mol. The fraction of sp³-hybridized carbons (Fsp3) is 0.412. The number of alkyl halides is 3. The first-order chi connectivity index (χ1) is 13.1. The van der Waals surface area contributed by atoms with Crippen molar-refractivity contribution in [2.75, 3.05) is 10.6 Å². The van der Waals surface area contributed by atoms with Crippen LogP contribution in [0, 0.1) is 6.92 Å². The lowest BCUT2D eigenvalue weighted by Gasteiger charge is -2.24. The van der Waals surface area contributed by atoms with E-state index in [-0.39, 0.29) is 5.69 Å². The molecule has 1 aromatic carbocycles. The van der Waals surface area contributed by atoms with E-state index in [1.165, 1.54) is 13.0 Å². The molecule has 2 heterocycles. The lowest BCUT2D eigenvalue weighted by Crippen LogP contribution is -2.36. The Hall–Kier alpha value is -3.11. The highest BCUT2D eigenvalue weighted by Crippen LogP contribution is 2.36. The summed E-state index contributed by atoms with van der Waals surface area (Å²) in [6.07, 6.45) is -3.31. The number of aromatic nitrogens is 3. The molecule has 28 heavy (non-hydrogen) atoms. The number of benzene rings is 1. The number of nitrogens with zero attached hydrogens (tertiary/aromatic N) is 3. The van der Waals surface area contributed by atoms with Gasteiger partial charge in [0.05, 0.1) is 17.3 Å². The Morgan fingerprint density at radius 1 is 1.21 bits per heavy atom. The number of rotatable bonds is 3. The van der Waals surface area contributed by atoms with Crippen LogP contribution in [0.5, 0.6) is 0 Å². The molecular formula is C17H19F3N6O2. The average Bonchev–Trinajstić information content (AvgIpc) is 2.97. The van der Waals surface area contributed by atoms with E-state index in [9.17, 15) is 22.8 Å². The van der Waals surface area contributed by atoms with Gasteiger partial charge in [-0.05, 0) is 38.0 Å². The van der Waals surface area contributed by atoms with E-state index in [0.29, 0.717) is 12.2 Å². The minimum atomic E-state index is -4.71. The molecule has 0 saturated carbocycles. The molecule has 0 bridgehead atoms. The zero-order valence-corrected chi connectivity index (χ0v) is 15.2. The van der Waals surface area contributed by atoms with Gasteiger partial charge < -0.3 is 20.5 Å². The predicted octanol–water partition coefficient (Wildman–Crippen LogP) is 3.22. The van der Waals surface area contributed by atoms with E-state index in [4.69, 9.17) is 0 Å². The maximum absolute atomic E-state index is 13.4. The second-order valence-corrected chi connectivity index (χ2v) is 6.49. The number of aryl methyl sites for hydroxylation is 1. The van der Waals surface area contributed by atoms with Crippen LogP contribution in [0.25, 0.3) is 0 Å². The van der Waals surface area contributed by atoms with Crippen molar-refractivity contribution in [1.82, 2.24) is 20.1 Å². The number of amides is 3. The molecule has 3 amide bonds. The van der Waals surface area contributed by atoms with Crippen molar-refractivity contribution >= 4 is 23.3 Å². The molecule has 0 fully saturated rings. The molecule has 2 aromatic rings. The van der Waals surface area contributed by atoms with Gasteiger partial charge in [-0.1, -0.05) is 0 Å². The van der Waals surface area contributed by atoms with Gasteiger partial charge in [0, 0.05) is 19.2 Å². The Labute approximate surface area is 158 Å². The van der Waals surface area contributed by atoms with Gasteiger partial charge in [0.25, 0.3) is 0 Å². The first-order valence-electron chi connectivity index (χ1n) is 8.61. The Bertz CT molecular complexity index is 909. The summed E-state index contributed by atoms with van der Waals surface area (Å²) in [5.74, 6) is 0.800. The zero-order chi connectivity index (χ0) is 20.5. The number of carbonyl (C=O) groups excluding carboxylic acids is 2. The van der Waals surface area contributed by atoms with Crippen LogP contribution in [-0.2, 0) is 17.5 Å². The fourth-order valence-corrected chi connectivity index (χ4v) is 3.14. The van der Waals surface area contributed by atoms with Crippen molar-refractivity contribution in [3.05, 3.63) is 35.4 Å². The number of hydrogen-bond acceptors (Lipinski definition) is 4. The van der Waals surface area contributed by atoms with Crippen LogP contribution >= 0.6 is 0 Å². The van der Waals surface area contributed by atoms with Crippen molar-refractivity contribution in [3.63, 3.8) is 0 Å². The summed E-state index contributed by atoms with van der Waals surface area (Å²) in [6.45, 7) is 3.72. The first-order valence-corrected chi connectivity index (χ1v) is 8.61. The maximum atomic E-state index is 13.4. The minimum absolute atomic E-state index is 0.0124. The van der Waals surface area contributed by atoms with Gasteiger partial charge in [-0.25, -0.2) is 4.79 Å². The molecule has 1 aliphatic rings.